The average Bonchev–Trinajstić information content (AvgIpc) is 2.47. The molecule has 18 heavy (non-hydrogen) atoms. The van der Waals surface area contributed by atoms with Gasteiger partial charge < -0.3 is 15.7 Å². The zero-order valence-corrected chi connectivity index (χ0v) is 10.2. The van der Waals surface area contributed by atoms with Crippen LogP contribution in [0.2, 0.25) is 0 Å². The van der Waals surface area contributed by atoms with Crippen LogP contribution in [0.5, 0.6) is 0 Å². The highest BCUT2D eigenvalue weighted by Crippen LogP contribution is 2.20. The maximum atomic E-state index is 12.1. The number of carbonyl (C=O) groups is 2. The van der Waals surface area contributed by atoms with Gasteiger partial charge in [0, 0.05) is 6.54 Å². The van der Waals surface area contributed by atoms with E-state index in [-0.39, 0.29) is 5.91 Å². The summed E-state index contributed by atoms with van der Waals surface area (Å²) in [5.74, 6) is -1.32. The van der Waals surface area contributed by atoms with E-state index in [4.69, 9.17) is 10.8 Å². The minimum Gasteiger partial charge on any atom is -0.480 e. The van der Waals surface area contributed by atoms with E-state index in [1.807, 2.05) is 24.3 Å². The summed E-state index contributed by atoms with van der Waals surface area (Å²) in [5.41, 5.74) is 7.81. The Hall–Kier alpha value is -1.88. The monoisotopic (exact) mass is 248 g/mol. The number of hydrogen-bond donors (Lipinski definition) is 2. The second kappa shape index (κ2) is 4.78. The largest absolute Gasteiger partial charge is 0.480 e. The Labute approximate surface area is 105 Å². The molecule has 1 aliphatic rings. The summed E-state index contributed by atoms with van der Waals surface area (Å²) >= 11 is 0. The highest BCUT2D eigenvalue weighted by molar-refractivity contribution is 5.87. The number of fused-ring (bicyclic) bond motifs is 1. The van der Waals surface area contributed by atoms with Crippen LogP contribution in [0.25, 0.3) is 0 Å². The number of rotatable bonds is 2. The van der Waals surface area contributed by atoms with Gasteiger partial charge in [-0.1, -0.05) is 24.3 Å². The lowest BCUT2D eigenvalue weighted by Gasteiger charge is -2.26. The molecule has 0 aliphatic carbocycles. The van der Waals surface area contributed by atoms with Crippen molar-refractivity contribution in [2.24, 2.45) is 5.73 Å². The second-order valence-electron chi connectivity index (χ2n) is 4.56. The Morgan fingerprint density at radius 2 is 2.06 bits per heavy atom. The molecule has 1 aromatic rings. The molecule has 0 saturated carbocycles. The van der Waals surface area contributed by atoms with E-state index >= 15 is 0 Å². The van der Waals surface area contributed by atoms with Gasteiger partial charge in [-0.05, 0) is 24.5 Å². The number of carboxylic acid groups (broad SMARTS) is 1. The summed E-state index contributed by atoms with van der Waals surface area (Å²) < 4.78 is 0. The van der Waals surface area contributed by atoms with Gasteiger partial charge in [0.05, 0.1) is 6.04 Å². The molecule has 0 radical (unpaired) electrons. The number of nitrogens with zero attached hydrogens (tertiary/aromatic N) is 1. The van der Waals surface area contributed by atoms with E-state index < -0.39 is 18.1 Å². The average molecular weight is 248 g/mol. The fourth-order valence-corrected chi connectivity index (χ4v) is 2.17. The molecule has 0 spiro atoms. The van der Waals surface area contributed by atoms with Gasteiger partial charge in [-0.15, -0.1) is 0 Å². The van der Waals surface area contributed by atoms with Crippen molar-refractivity contribution in [2.45, 2.75) is 32.0 Å². The third-order valence-electron chi connectivity index (χ3n) is 3.32. The molecular weight excluding hydrogens is 232 g/mol. The molecule has 0 aromatic heterocycles. The van der Waals surface area contributed by atoms with Gasteiger partial charge in [-0.25, -0.2) is 4.79 Å². The normalized spacial score (nSPS) is 21.1. The summed E-state index contributed by atoms with van der Waals surface area (Å²) in [6.45, 7) is 1.80. The zero-order chi connectivity index (χ0) is 13.3. The molecular formula is C13H16N2O3. The first-order chi connectivity index (χ1) is 8.50. The number of hydrogen-bond acceptors (Lipinski definition) is 3. The Bertz CT molecular complexity index is 487. The number of aliphatic carboxylic acids is 1. The highest BCUT2D eigenvalue weighted by atomic mass is 16.4. The molecule has 2 atom stereocenters. The van der Waals surface area contributed by atoms with Crippen molar-refractivity contribution in [1.82, 2.24) is 4.90 Å². The topological polar surface area (TPSA) is 83.6 Å². The van der Waals surface area contributed by atoms with Gasteiger partial charge in [0.25, 0.3) is 0 Å². The van der Waals surface area contributed by atoms with Crippen LogP contribution >= 0.6 is 0 Å². The van der Waals surface area contributed by atoms with Crippen molar-refractivity contribution in [3.63, 3.8) is 0 Å². The van der Waals surface area contributed by atoms with Crippen LogP contribution < -0.4 is 5.73 Å². The van der Waals surface area contributed by atoms with Crippen molar-refractivity contribution in [3.8, 4) is 0 Å². The van der Waals surface area contributed by atoms with Crippen molar-refractivity contribution in [2.75, 3.05) is 0 Å². The van der Waals surface area contributed by atoms with Crippen molar-refractivity contribution in [1.29, 1.82) is 0 Å². The Balaban J connectivity index is 2.37. The lowest BCUT2D eigenvalue weighted by Crippen LogP contribution is -2.49. The van der Waals surface area contributed by atoms with Crippen molar-refractivity contribution in [3.05, 3.63) is 35.4 Å². The van der Waals surface area contributed by atoms with Crippen LogP contribution in [0, 0.1) is 0 Å². The minimum absolute atomic E-state index is 0.302. The fourth-order valence-electron chi connectivity index (χ4n) is 2.17. The molecule has 0 saturated heterocycles. The minimum atomic E-state index is -1.02. The van der Waals surface area contributed by atoms with Gasteiger partial charge in [0.2, 0.25) is 5.91 Å². The van der Waals surface area contributed by atoms with E-state index in [9.17, 15) is 9.59 Å². The smallest absolute Gasteiger partial charge is 0.326 e. The molecule has 5 heteroatoms. The first-order valence-corrected chi connectivity index (χ1v) is 5.86. The van der Waals surface area contributed by atoms with Crippen LogP contribution in [-0.2, 0) is 22.6 Å². The Kier molecular flexibility index (Phi) is 3.34. The van der Waals surface area contributed by atoms with E-state index in [0.717, 1.165) is 11.1 Å². The summed E-state index contributed by atoms with van der Waals surface area (Å²) in [7, 11) is 0. The van der Waals surface area contributed by atoms with Gasteiger partial charge in [0.1, 0.15) is 6.04 Å². The molecule has 2 rings (SSSR count). The predicted molar refractivity (Wildman–Crippen MR) is 65.8 cm³/mol. The van der Waals surface area contributed by atoms with Gasteiger partial charge >= 0.3 is 5.97 Å². The molecule has 1 aromatic carbocycles. The zero-order valence-electron chi connectivity index (χ0n) is 10.2. The number of carboxylic acids is 1. The summed E-state index contributed by atoms with van der Waals surface area (Å²) in [6, 6.07) is 6.07. The summed E-state index contributed by atoms with van der Waals surface area (Å²) in [6.07, 6.45) is 0.456. The number of benzene rings is 1. The van der Waals surface area contributed by atoms with Crippen LogP contribution in [0.3, 0.4) is 0 Å². The SMILES string of the molecule is C[C@H](C(=O)O)N1Cc2ccccc2C[C@H](N)C1=O. The molecule has 1 amide bonds. The highest BCUT2D eigenvalue weighted by Gasteiger charge is 2.32. The first kappa shape index (κ1) is 12.6. The maximum Gasteiger partial charge on any atom is 0.326 e. The predicted octanol–water partition coefficient (Wildman–Crippen LogP) is 0.372. The summed E-state index contributed by atoms with van der Waals surface area (Å²) in [4.78, 5) is 24.5. The standard InChI is InChI=1S/C13H16N2O3/c1-8(13(17)18)15-7-10-5-3-2-4-9(10)6-11(14)12(15)16/h2-5,8,11H,6-7,14H2,1H3,(H,17,18)/t8-,11+/m1/s1. The molecule has 1 aliphatic heterocycles. The van der Waals surface area contributed by atoms with E-state index in [2.05, 4.69) is 0 Å². The molecule has 0 fully saturated rings. The van der Waals surface area contributed by atoms with Gasteiger partial charge in [-0.2, -0.15) is 0 Å². The summed E-state index contributed by atoms with van der Waals surface area (Å²) in [5, 5.41) is 9.04. The Morgan fingerprint density at radius 3 is 2.67 bits per heavy atom. The molecule has 0 unspecified atom stereocenters. The number of nitrogens with two attached hydrogens (primary N) is 1. The lowest BCUT2D eigenvalue weighted by molar-refractivity contribution is -0.150. The van der Waals surface area contributed by atoms with Gasteiger partial charge in [0.15, 0.2) is 0 Å². The first-order valence-electron chi connectivity index (χ1n) is 5.86. The molecule has 5 nitrogen and oxygen atoms in total. The Morgan fingerprint density at radius 1 is 1.44 bits per heavy atom. The number of amides is 1. The maximum absolute atomic E-state index is 12.1. The van der Waals surface area contributed by atoms with Gasteiger partial charge in [-0.3, -0.25) is 4.79 Å². The van der Waals surface area contributed by atoms with E-state index in [1.54, 1.807) is 0 Å². The fraction of sp³-hybridized carbons (Fsp3) is 0.385. The quantitative estimate of drug-likeness (QED) is 0.792. The van der Waals surface area contributed by atoms with E-state index in [1.165, 1.54) is 11.8 Å². The third-order valence-corrected chi connectivity index (χ3v) is 3.32. The van der Waals surface area contributed by atoms with Crippen LogP contribution in [0.4, 0.5) is 0 Å². The molecule has 96 valence electrons. The van der Waals surface area contributed by atoms with Crippen LogP contribution in [0.1, 0.15) is 18.1 Å². The molecule has 1 heterocycles. The van der Waals surface area contributed by atoms with Crippen LogP contribution in [-0.4, -0.2) is 34.0 Å². The molecule has 0 bridgehead atoms. The second-order valence-corrected chi connectivity index (χ2v) is 4.56. The lowest BCUT2D eigenvalue weighted by atomic mass is 10.0. The van der Waals surface area contributed by atoms with Crippen LogP contribution in [0.15, 0.2) is 24.3 Å². The third kappa shape index (κ3) is 2.22. The van der Waals surface area contributed by atoms with Crippen molar-refractivity contribution >= 4 is 11.9 Å². The molecule has 3 N–H and O–H groups in total. The van der Waals surface area contributed by atoms with Crippen molar-refractivity contribution < 1.29 is 14.7 Å². The number of carbonyl (C=O) groups excluding carboxylic acids is 1. The van der Waals surface area contributed by atoms with E-state index in [0.29, 0.717) is 13.0 Å².